The van der Waals surface area contributed by atoms with E-state index in [1.807, 2.05) is 27.7 Å². The van der Waals surface area contributed by atoms with Gasteiger partial charge in [0.05, 0.1) is 12.1 Å². The van der Waals surface area contributed by atoms with Crippen molar-refractivity contribution in [2.45, 2.75) is 91.9 Å². The van der Waals surface area contributed by atoms with E-state index in [1.54, 1.807) is 18.0 Å². The Morgan fingerprint density at radius 2 is 1.67 bits per heavy atom. The van der Waals surface area contributed by atoms with Gasteiger partial charge in [0.25, 0.3) is 0 Å². The highest BCUT2D eigenvalue weighted by Crippen LogP contribution is 2.21. The maximum atomic E-state index is 13.3. The lowest BCUT2D eigenvalue weighted by Gasteiger charge is -2.39. The molecule has 1 aliphatic heterocycles. The minimum absolute atomic E-state index is 0.0338. The highest BCUT2D eigenvalue weighted by molar-refractivity contribution is 5.90. The van der Waals surface area contributed by atoms with Gasteiger partial charge in [-0.15, -0.1) is 0 Å². The zero-order chi connectivity index (χ0) is 23.2. The normalized spacial score (nSPS) is 20.4. The fourth-order valence-corrected chi connectivity index (χ4v) is 4.06. The molecule has 0 aromatic rings. The predicted molar refractivity (Wildman–Crippen MR) is 119 cm³/mol. The summed E-state index contributed by atoms with van der Waals surface area (Å²) in [4.78, 5) is 41.5. The molecule has 7 nitrogen and oxygen atoms in total. The van der Waals surface area contributed by atoms with Crippen LogP contribution in [0, 0.1) is 11.8 Å². The summed E-state index contributed by atoms with van der Waals surface area (Å²) >= 11 is 0. The Bertz CT molecular complexity index is 642. The van der Waals surface area contributed by atoms with Crippen LogP contribution in [0.25, 0.3) is 0 Å². The van der Waals surface area contributed by atoms with Crippen molar-refractivity contribution in [3.05, 3.63) is 11.6 Å². The second-order valence-electron chi connectivity index (χ2n) is 9.41. The van der Waals surface area contributed by atoms with E-state index in [4.69, 9.17) is 0 Å². The first kappa shape index (κ1) is 26.1. The lowest BCUT2D eigenvalue weighted by Crippen LogP contribution is -2.58. The molecule has 2 amide bonds. The predicted octanol–water partition coefficient (Wildman–Crippen LogP) is 2.90. The van der Waals surface area contributed by atoms with Crippen LogP contribution in [0.3, 0.4) is 0 Å². The first-order valence-corrected chi connectivity index (χ1v) is 11.1. The van der Waals surface area contributed by atoms with Crippen molar-refractivity contribution in [1.29, 1.82) is 0 Å². The van der Waals surface area contributed by atoms with Gasteiger partial charge in [-0.2, -0.15) is 0 Å². The number of carbonyl (C=O) groups excluding carboxylic acids is 2. The average Bonchev–Trinajstić information content (AvgIpc) is 2.67. The van der Waals surface area contributed by atoms with E-state index in [-0.39, 0.29) is 47.3 Å². The number of carboxylic acids is 1. The molecule has 7 heteroatoms. The molecule has 0 aromatic carbocycles. The molecule has 0 aliphatic carbocycles. The SMILES string of the molecule is C/C(=C\C(C(C)C)N(C)C(=O)C(NC(=O)C1CCCCN1C(C)C)C(C)C)C(=O)O. The number of hydrogen-bond donors (Lipinski definition) is 2. The van der Waals surface area contributed by atoms with Gasteiger partial charge in [0.15, 0.2) is 0 Å². The summed E-state index contributed by atoms with van der Waals surface area (Å²) in [5, 5.41) is 12.2. The fourth-order valence-electron chi connectivity index (χ4n) is 4.06. The second-order valence-corrected chi connectivity index (χ2v) is 9.41. The van der Waals surface area contributed by atoms with Crippen molar-refractivity contribution in [3.8, 4) is 0 Å². The van der Waals surface area contributed by atoms with E-state index in [0.717, 1.165) is 25.8 Å². The van der Waals surface area contributed by atoms with Gasteiger partial charge in [-0.1, -0.05) is 40.2 Å². The average molecular weight is 424 g/mol. The van der Waals surface area contributed by atoms with E-state index in [0.29, 0.717) is 0 Å². The summed E-state index contributed by atoms with van der Waals surface area (Å²) in [6.45, 7) is 14.3. The number of aliphatic carboxylic acids is 1. The Hall–Kier alpha value is -1.89. The van der Waals surface area contributed by atoms with E-state index in [1.165, 1.54) is 6.92 Å². The van der Waals surface area contributed by atoms with Crippen LogP contribution in [0.5, 0.6) is 0 Å². The highest BCUT2D eigenvalue weighted by atomic mass is 16.4. The first-order chi connectivity index (χ1) is 13.9. The molecule has 3 unspecified atom stereocenters. The van der Waals surface area contributed by atoms with Crippen LogP contribution in [0.2, 0.25) is 0 Å². The number of likely N-dealkylation sites (N-methyl/N-ethyl adjacent to an activating group) is 1. The van der Waals surface area contributed by atoms with Gasteiger partial charge in [0, 0.05) is 18.7 Å². The molecule has 1 aliphatic rings. The molecule has 0 saturated carbocycles. The van der Waals surface area contributed by atoms with Gasteiger partial charge in [-0.05, 0) is 52.0 Å². The second kappa shape index (κ2) is 11.5. The van der Waals surface area contributed by atoms with Crippen LogP contribution in [0.15, 0.2) is 11.6 Å². The van der Waals surface area contributed by atoms with Gasteiger partial charge in [0.1, 0.15) is 6.04 Å². The number of carbonyl (C=O) groups is 3. The van der Waals surface area contributed by atoms with Crippen molar-refractivity contribution in [2.24, 2.45) is 11.8 Å². The molecular formula is C23H41N3O4. The van der Waals surface area contributed by atoms with E-state index in [2.05, 4.69) is 24.1 Å². The van der Waals surface area contributed by atoms with Crippen LogP contribution in [0.4, 0.5) is 0 Å². The number of likely N-dealkylation sites (tertiary alicyclic amines) is 1. The summed E-state index contributed by atoms with van der Waals surface area (Å²) in [6, 6.07) is -0.966. The van der Waals surface area contributed by atoms with Crippen molar-refractivity contribution in [3.63, 3.8) is 0 Å². The lowest BCUT2D eigenvalue weighted by atomic mass is 9.95. The quantitative estimate of drug-likeness (QED) is 0.557. The molecule has 0 bridgehead atoms. The Morgan fingerprint density at radius 3 is 2.13 bits per heavy atom. The molecule has 1 saturated heterocycles. The van der Waals surface area contributed by atoms with Gasteiger partial charge in [-0.25, -0.2) is 4.79 Å². The molecular weight excluding hydrogens is 382 g/mol. The summed E-state index contributed by atoms with van der Waals surface area (Å²) in [5.74, 6) is -1.34. The maximum absolute atomic E-state index is 13.3. The molecule has 3 atom stereocenters. The third kappa shape index (κ3) is 6.83. The van der Waals surface area contributed by atoms with Crippen LogP contribution in [-0.2, 0) is 14.4 Å². The Morgan fingerprint density at radius 1 is 1.07 bits per heavy atom. The minimum atomic E-state index is -0.999. The number of piperidine rings is 1. The Labute approximate surface area is 181 Å². The number of carboxylic acid groups (broad SMARTS) is 1. The van der Waals surface area contributed by atoms with Gasteiger partial charge >= 0.3 is 5.97 Å². The summed E-state index contributed by atoms with van der Waals surface area (Å²) < 4.78 is 0. The minimum Gasteiger partial charge on any atom is -0.478 e. The van der Waals surface area contributed by atoms with E-state index in [9.17, 15) is 19.5 Å². The molecule has 0 spiro atoms. The van der Waals surface area contributed by atoms with Crippen molar-refractivity contribution >= 4 is 17.8 Å². The highest BCUT2D eigenvalue weighted by Gasteiger charge is 2.35. The zero-order valence-electron chi connectivity index (χ0n) is 19.9. The molecule has 30 heavy (non-hydrogen) atoms. The Kier molecular flexibility index (Phi) is 10.0. The topological polar surface area (TPSA) is 90.0 Å². The number of nitrogens with one attached hydrogen (secondary N) is 1. The van der Waals surface area contributed by atoms with Crippen LogP contribution in [-0.4, -0.2) is 70.4 Å². The lowest BCUT2D eigenvalue weighted by molar-refractivity contribution is -0.140. The standard InChI is InChI=1S/C23H41N3O4/c1-14(2)19(13-17(7)23(29)30)25(8)22(28)20(15(3)4)24-21(27)18-11-9-10-12-26(18)16(5)6/h13-16,18-20H,9-12H2,1-8H3,(H,24,27)(H,29,30)/b17-13+. The van der Waals surface area contributed by atoms with Crippen molar-refractivity contribution in [1.82, 2.24) is 15.1 Å². The maximum Gasteiger partial charge on any atom is 0.331 e. The third-order valence-corrected chi connectivity index (χ3v) is 5.98. The molecule has 1 rings (SSSR count). The number of amides is 2. The molecule has 0 radical (unpaired) electrons. The Balaban J connectivity index is 3.04. The van der Waals surface area contributed by atoms with Gasteiger partial charge in [0.2, 0.25) is 11.8 Å². The van der Waals surface area contributed by atoms with Crippen LogP contribution >= 0.6 is 0 Å². The summed E-state index contributed by atoms with van der Waals surface area (Å²) in [6.07, 6.45) is 4.51. The molecule has 0 aromatic heterocycles. The van der Waals surface area contributed by atoms with Crippen molar-refractivity contribution in [2.75, 3.05) is 13.6 Å². The number of hydrogen-bond acceptors (Lipinski definition) is 4. The van der Waals surface area contributed by atoms with Crippen LogP contribution < -0.4 is 5.32 Å². The van der Waals surface area contributed by atoms with Gasteiger partial charge in [-0.3, -0.25) is 14.5 Å². The first-order valence-electron chi connectivity index (χ1n) is 11.1. The smallest absolute Gasteiger partial charge is 0.331 e. The molecule has 2 N–H and O–H groups in total. The van der Waals surface area contributed by atoms with Crippen LogP contribution in [0.1, 0.15) is 67.7 Å². The van der Waals surface area contributed by atoms with Crippen molar-refractivity contribution < 1.29 is 19.5 Å². The fraction of sp³-hybridized carbons (Fsp3) is 0.783. The monoisotopic (exact) mass is 423 g/mol. The molecule has 1 heterocycles. The van der Waals surface area contributed by atoms with Gasteiger partial charge < -0.3 is 15.3 Å². The summed E-state index contributed by atoms with van der Waals surface area (Å²) in [5.41, 5.74) is 0.202. The largest absolute Gasteiger partial charge is 0.478 e. The number of rotatable bonds is 9. The van der Waals surface area contributed by atoms with E-state index >= 15 is 0 Å². The molecule has 1 fully saturated rings. The molecule has 172 valence electrons. The third-order valence-electron chi connectivity index (χ3n) is 5.98. The van der Waals surface area contributed by atoms with E-state index < -0.39 is 12.0 Å². The summed E-state index contributed by atoms with van der Waals surface area (Å²) in [7, 11) is 1.68. The number of nitrogens with zero attached hydrogens (tertiary/aromatic N) is 2. The zero-order valence-corrected chi connectivity index (χ0v) is 19.9.